The summed E-state index contributed by atoms with van der Waals surface area (Å²) in [5.41, 5.74) is 0. The Kier molecular flexibility index (Phi) is 7.17. The van der Waals surface area contributed by atoms with Crippen molar-refractivity contribution >= 4 is 27.6 Å². The minimum atomic E-state index is -4.10. The first-order valence-corrected chi connectivity index (χ1v) is 14.7. The zero-order valence-corrected chi connectivity index (χ0v) is 22.5. The highest BCUT2D eigenvalue weighted by molar-refractivity contribution is 7.89. The van der Waals surface area contributed by atoms with E-state index in [-0.39, 0.29) is 47.9 Å². The van der Waals surface area contributed by atoms with E-state index >= 15 is 0 Å². The maximum absolute atomic E-state index is 13.8. The molecule has 4 heterocycles. The van der Waals surface area contributed by atoms with E-state index in [9.17, 15) is 28.0 Å². The van der Waals surface area contributed by atoms with Crippen molar-refractivity contribution in [1.82, 2.24) is 14.1 Å². The Hall–Kier alpha value is -3.05. The predicted molar refractivity (Wildman–Crippen MR) is 138 cm³/mol. The number of carbonyl (C=O) groups is 3. The molecule has 5 unspecified atom stereocenters. The van der Waals surface area contributed by atoms with Crippen molar-refractivity contribution in [3.63, 3.8) is 0 Å². The van der Waals surface area contributed by atoms with E-state index in [0.29, 0.717) is 42.5 Å². The lowest BCUT2D eigenvalue weighted by Gasteiger charge is -2.29. The predicted octanol–water partition coefficient (Wildman–Crippen LogP) is 1.12. The zero-order valence-electron chi connectivity index (χ0n) is 21.7. The summed E-state index contributed by atoms with van der Waals surface area (Å²) in [6.07, 6.45) is 11.3. The van der Waals surface area contributed by atoms with Crippen LogP contribution in [0.1, 0.15) is 33.1 Å². The molecule has 0 saturated carbocycles. The van der Waals surface area contributed by atoms with Gasteiger partial charge in [-0.3, -0.25) is 14.4 Å². The number of nitrogens with zero attached hydrogens (tertiary/aromatic N) is 4. The number of aromatic nitrogens is 1. The standard InChI is InChI=1S/C27H34N4O6S/c1-18(2)12-21(13-25(33)28-14-19-6-3-4-7-20(19)15-28)27(34)30-11-9-23-26(30)24(32)17-31(23)38(36,37)22-8-5-10-29(35)16-22/h3-8,10,16,18-21,23,26H,9,11-15,17H2,1-2H3. The minimum Gasteiger partial charge on any atom is -0.619 e. The Morgan fingerprint density at radius 1 is 1.16 bits per heavy atom. The number of carbonyl (C=O) groups excluding carboxylic acids is 3. The van der Waals surface area contributed by atoms with Crippen LogP contribution in [0.3, 0.4) is 0 Å². The summed E-state index contributed by atoms with van der Waals surface area (Å²) in [4.78, 5) is 43.3. The molecule has 4 aliphatic rings. The van der Waals surface area contributed by atoms with Crippen molar-refractivity contribution in [3.8, 4) is 0 Å². The molecular weight excluding hydrogens is 508 g/mol. The van der Waals surface area contributed by atoms with Crippen LogP contribution in [0.15, 0.2) is 53.7 Å². The number of amides is 2. The van der Waals surface area contributed by atoms with Crippen molar-refractivity contribution < 1.29 is 27.5 Å². The lowest BCUT2D eigenvalue weighted by atomic mass is 9.91. The molecular formula is C27H34N4O6S. The molecule has 0 radical (unpaired) electrons. The SMILES string of the molecule is CC(C)CC(CC(=O)N1CC2C=CC=CC2C1)C(=O)N1CCC2C1C(=O)CN2S(=O)(=O)c1ccc[n+]([O-])c1. The molecule has 1 aliphatic carbocycles. The molecule has 5 atom stereocenters. The summed E-state index contributed by atoms with van der Waals surface area (Å²) in [6.45, 7) is 5.16. The first kappa shape index (κ1) is 26.6. The highest BCUT2D eigenvalue weighted by Gasteiger charge is 2.54. The fraction of sp³-hybridized carbons (Fsp3) is 0.556. The molecule has 3 aliphatic heterocycles. The van der Waals surface area contributed by atoms with Gasteiger partial charge in [-0.15, -0.1) is 0 Å². The van der Waals surface area contributed by atoms with Gasteiger partial charge in [0.25, 0.3) is 0 Å². The number of allylic oxidation sites excluding steroid dienone is 2. The molecule has 204 valence electrons. The quantitative estimate of drug-likeness (QED) is 0.376. The van der Waals surface area contributed by atoms with E-state index in [1.54, 1.807) is 0 Å². The topological polar surface area (TPSA) is 122 Å². The number of sulfonamides is 1. The Morgan fingerprint density at radius 2 is 1.84 bits per heavy atom. The van der Waals surface area contributed by atoms with Gasteiger partial charge in [-0.1, -0.05) is 38.2 Å². The van der Waals surface area contributed by atoms with Crippen LogP contribution in [0.5, 0.6) is 0 Å². The van der Waals surface area contributed by atoms with Crippen LogP contribution in [0.2, 0.25) is 0 Å². The molecule has 1 aromatic heterocycles. The normalized spacial score (nSPS) is 27.7. The second kappa shape index (κ2) is 10.3. The first-order chi connectivity index (χ1) is 18.1. The summed E-state index contributed by atoms with van der Waals surface area (Å²) in [5.74, 6) is -0.488. The van der Waals surface area contributed by atoms with Crippen LogP contribution in [0.25, 0.3) is 0 Å². The average Bonchev–Trinajstić information content (AvgIpc) is 3.58. The Morgan fingerprint density at radius 3 is 2.47 bits per heavy atom. The maximum atomic E-state index is 13.8. The van der Waals surface area contributed by atoms with E-state index in [1.807, 2.05) is 30.9 Å². The van der Waals surface area contributed by atoms with Gasteiger partial charge in [0, 0.05) is 49.9 Å². The highest BCUT2D eigenvalue weighted by Crippen LogP contribution is 2.36. The average molecular weight is 543 g/mol. The van der Waals surface area contributed by atoms with Gasteiger partial charge in [0.05, 0.1) is 12.6 Å². The van der Waals surface area contributed by atoms with Gasteiger partial charge >= 0.3 is 0 Å². The molecule has 0 N–H and O–H groups in total. The van der Waals surface area contributed by atoms with Crippen LogP contribution in [0, 0.1) is 28.9 Å². The van der Waals surface area contributed by atoms with Gasteiger partial charge < -0.3 is 15.0 Å². The van der Waals surface area contributed by atoms with Gasteiger partial charge in [0.1, 0.15) is 10.9 Å². The van der Waals surface area contributed by atoms with Crippen LogP contribution in [-0.4, -0.2) is 78.4 Å². The van der Waals surface area contributed by atoms with Crippen LogP contribution in [0.4, 0.5) is 0 Å². The third kappa shape index (κ3) is 4.89. The third-order valence-electron chi connectivity index (χ3n) is 8.13. The molecule has 0 bridgehead atoms. The number of Topliss-reactive ketones (excluding diaryl/α,β-unsaturated/α-hetero) is 1. The second-order valence-corrected chi connectivity index (χ2v) is 13.1. The molecule has 0 aromatic carbocycles. The van der Waals surface area contributed by atoms with Crippen molar-refractivity contribution in [2.75, 3.05) is 26.2 Å². The van der Waals surface area contributed by atoms with E-state index in [2.05, 4.69) is 12.2 Å². The first-order valence-electron chi connectivity index (χ1n) is 13.2. The van der Waals surface area contributed by atoms with E-state index in [1.165, 1.54) is 23.2 Å². The number of hydrogen-bond acceptors (Lipinski definition) is 6. The van der Waals surface area contributed by atoms with Crippen molar-refractivity contribution in [3.05, 3.63) is 54.0 Å². The number of fused-ring (bicyclic) bond motifs is 2. The van der Waals surface area contributed by atoms with Crippen molar-refractivity contribution in [2.24, 2.45) is 23.7 Å². The maximum Gasteiger partial charge on any atom is 0.249 e. The van der Waals surface area contributed by atoms with Gasteiger partial charge in [0.15, 0.2) is 18.2 Å². The van der Waals surface area contributed by atoms with Gasteiger partial charge in [-0.2, -0.15) is 9.04 Å². The number of ketones is 1. The number of rotatable bonds is 7. The molecule has 3 fully saturated rings. The molecule has 10 nitrogen and oxygen atoms in total. The molecule has 0 spiro atoms. The van der Waals surface area contributed by atoms with Crippen LogP contribution >= 0.6 is 0 Å². The van der Waals surface area contributed by atoms with E-state index < -0.39 is 28.0 Å². The number of likely N-dealkylation sites (tertiary alicyclic amines) is 2. The summed E-state index contributed by atoms with van der Waals surface area (Å²) in [6, 6.07) is 1.10. The molecule has 38 heavy (non-hydrogen) atoms. The van der Waals surface area contributed by atoms with Gasteiger partial charge in [-0.25, -0.2) is 8.42 Å². The largest absolute Gasteiger partial charge is 0.619 e. The second-order valence-electron chi connectivity index (χ2n) is 11.2. The Labute approximate surface area is 223 Å². The summed E-state index contributed by atoms with van der Waals surface area (Å²) in [5, 5.41) is 11.7. The highest BCUT2D eigenvalue weighted by atomic mass is 32.2. The lowest BCUT2D eigenvalue weighted by molar-refractivity contribution is -0.607. The molecule has 3 saturated heterocycles. The fourth-order valence-electron chi connectivity index (χ4n) is 6.36. The minimum absolute atomic E-state index is 0.0621. The lowest BCUT2D eigenvalue weighted by Crippen LogP contribution is -2.47. The fourth-order valence-corrected chi connectivity index (χ4v) is 7.99. The molecule has 2 amide bonds. The molecule has 1 aromatic rings. The monoisotopic (exact) mass is 542 g/mol. The smallest absolute Gasteiger partial charge is 0.249 e. The van der Waals surface area contributed by atoms with E-state index in [0.717, 1.165) is 10.5 Å². The van der Waals surface area contributed by atoms with E-state index in [4.69, 9.17) is 0 Å². The van der Waals surface area contributed by atoms with Crippen molar-refractivity contribution in [1.29, 1.82) is 0 Å². The molecule has 11 heteroatoms. The third-order valence-corrected chi connectivity index (χ3v) is 9.99. The Bertz CT molecular complexity index is 1270. The summed E-state index contributed by atoms with van der Waals surface area (Å²) < 4.78 is 28.1. The number of pyridine rings is 1. The van der Waals surface area contributed by atoms with Crippen molar-refractivity contribution in [2.45, 2.75) is 50.1 Å². The summed E-state index contributed by atoms with van der Waals surface area (Å²) >= 11 is 0. The Balaban J connectivity index is 1.31. The van der Waals surface area contributed by atoms with Crippen LogP contribution < -0.4 is 4.73 Å². The zero-order chi connectivity index (χ0) is 27.2. The molecule has 5 rings (SSSR count). The summed E-state index contributed by atoms with van der Waals surface area (Å²) in [7, 11) is -4.10. The van der Waals surface area contributed by atoms with Gasteiger partial charge in [0.2, 0.25) is 21.8 Å². The van der Waals surface area contributed by atoms with Gasteiger partial charge in [-0.05, 0) is 24.8 Å². The number of hydrogen-bond donors (Lipinski definition) is 0. The van der Waals surface area contributed by atoms with Crippen LogP contribution in [-0.2, 0) is 24.4 Å².